The van der Waals surface area contributed by atoms with Crippen molar-refractivity contribution >= 4 is 15.9 Å². The lowest BCUT2D eigenvalue weighted by Crippen LogP contribution is -2.38. The number of nitrogens with zero attached hydrogens (tertiary/aromatic N) is 1. The first-order valence-electron chi connectivity index (χ1n) is 6.22. The molecule has 0 aliphatic carbocycles. The molecule has 0 saturated carbocycles. The highest BCUT2D eigenvalue weighted by Crippen LogP contribution is 2.15. The summed E-state index contributed by atoms with van der Waals surface area (Å²) in [7, 11) is -3.62. The predicted octanol–water partition coefficient (Wildman–Crippen LogP) is 0.424. The number of carbonyl (C=O) groups is 1. The van der Waals surface area contributed by atoms with Crippen molar-refractivity contribution in [3.05, 3.63) is 29.3 Å². The number of nitriles is 1. The molecule has 1 aliphatic heterocycles. The van der Waals surface area contributed by atoms with Crippen molar-refractivity contribution in [3.63, 3.8) is 0 Å². The second-order valence-electron chi connectivity index (χ2n) is 4.74. The van der Waals surface area contributed by atoms with Gasteiger partial charge in [0, 0.05) is 19.0 Å². The van der Waals surface area contributed by atoms with E-state index in [9.17, 15) is 13.2 Å². The Hall–Kier alpha value is -1.91. The maximum Gasteiger partial charge on any atom is 0.240 e. The molecule has 1 atom stereocenters. The van der Waals surface area contributed by atoms with Crippen molar-refractivity contribution in [2.24, 2.45) is 0 Å². The quantitative estimate of drug-likeness (QED) is 0.840. The minimum absolute atomic E-state index is 0.0524. The average Bonchev–Trinajstić information content (AvgIpc) is 2.82. The fourth-order valence-electron chi connectivity index (χ4n) is 2.05. The molecule has 0 aromatic heterocycles. The highest BCUT2D eigenvalue weighted by Gasteiger charge is 2.23. The topological polar surface area (TPSA) is 99.1 Å². The maximum absolute atomic E-state index is 12.1. The molecule has 0 radical (unpaired) electrons. The van der Waals surface area contributed by atoms with Crippen molar-refractivity contribution in [3.8, 4) is 6.07 Å². The van der Waals surface area contributed by atoms with Gasteiger partial charge in [-0.2, -0.15) is 5.26 Å². The smallest absolute Gasteiger partial charge is 0.240 e. The summed E-state index contributed by atoms with van der Waals surface area (Å²) in [5, 5.41) is 11.5. The summed E-state index contributed by atoms with van der Waals surface area (Å²) < 4.78 is 26.7. The van der Waals surface area contributed by atoms with Gasteiger partial charge < -0.3 is 5.32 Å². The standard InChI is InChI=1S/C13H15N3O3S/c1-9-6-12(4-2-10(9)7-14)20(18,19)15-8-11-3-5-13(17)16-11/h2,4,6,11,15H,3,5,8H2,1H3,(H,16,17). The Kier molecular flexibility index (Phi) is 4.06. The van der Waals surface area contributed by atoms with Crippen molar-refractivity contribution in [2.45, 2.75) is 30.7 Å². The number of carbonyl (C=O) groups excluding carboxylic acids is 1. The minimum Gasteiger partial charge on any atom is -0.352 e. The van der Waals surface area contributed by atoms with Gasteiger partial charge in [0.25, 0.3) is 0 Å². The highest BCUT2D eigenvalue weighted by atomic mass is 32.2. The summed E-state index contributed by atoms with van der Waals surface area (Å²) in [5.41, 5.74) is 1.07. The molecule has 0 bridgehead atoms. The lowest BCUT2D eigenvalue weighted by Gasteiger charge is -2.12. The van der Waals surface area contributed by atoms with Gasteiger partial charge in [-0.1, -0.05) is 0 Å². The van der Waals surface area contributed by atoms with Crippen LogP contribution in [0.4, 0.5) is 0 Å². The fourth-order valence-corrected chi connectivity index (χ4v) is 3.22. The Morgan fingerprint density at radius 1 is 1.50 bits per heavy atom. The largest absolute Gasteiger partial charge is 0.352 e. The van der Waals surface area contributed by atoms with Crippen molar-refractivity contribution in [2.75, 3.05) is 6.54 Å². The molecule has 106 valence electrons. The van der Waals surface area contributed by atoms with Gasteiger partial charge >= 0.3 is 0 Å². The van der Waals surface area contributed by atoms with Crippen molar-refractivity contribution in [1.82, 2.24) is 10.0 Å². The molecule has 1 fully saturated rings. The summed E-state index contributed by atoms with van der Waals surface area (Å²) in [6.45, 7) is 1.86. The normalized spacial score (nSPS) is 18.6. The molecule has 1 aliphatic rings. The van der Waals surface area contributed by atoms with Crippen LogP contribution in [0.25, 0.3) is 0 Å². The van der Waals surface area contributed by atoms with E-state index in [-0.39, 0.29) is 23.4 Å². The first-order valence-corrected chi connectivity index (χ1v) is 7.70. The Labute approximate surface area is 117 Å². The van der Waals surface area contributed by atoms with Gasteiger partial charge in [0.15, 0.2) is 0 Å². The van der Waals surface area contributed by atoms with Gasteiger partial charge in [0.1, 0.15) is 0 Å². The number of rotatable bonds is 4. The van der Waals surface area contributed by atoms with Crippen LogP contribution >= 0.6 is 0 Å². The Bertz CT molecular complexity index is 677. The summed E-state index contributed by atoms with van der Waals surface area (Å²) in [6.07, 6.45) is 1.07. The molecular formula is C13H15N3O3S. The lowest BCUT2D eigenvalue weighted by atomic mass is 10.1. The maximum atomic E-state index is 12.1. The molecule has 2 rings (SSSR count). The van der Waals surface area contributed by atoms with Crippen LogP contribution in [0.5, 0.6) is 0 Å². The fraction of sp³-hybridized carbons (Fsp3) is 0.385. The summed E-state index contributed by atoms with van der Waals surface area (Å²) in [5.74, 6) is -0.0524. The van der Waals surface area contributed by atoms with Crippen LogP contribution in [0, 0.1) is 18.3 Å². The Morgan fingerprint density at radius 3 is 2.80 bits per heavy atom. The van der Waals surface area contributed by atoms with Crippen LogP contribution in [-0.2, 0) is 14.8 Å². The summed E-state index contributed by atoms with van der Waals surface area (Å²) in [6, 6.07) is 6.19. The molecular weight excluding hydrogens is 278 g/mol. The molecule has 1 aromatic carbocycles. The first kappa shape index (κ1) is 14.5. The summed E-state index contributed by atoms with van der Waals surface area (Å²) >= 11 is 0. The van der Waals surface area contributed by atoms with Gasteiger partial charge in [-0.25, -0.2) is 13.1 Å². The van der Waals surface area contributed by atoms with E-state index in [2.05, 4.69) is 10.0 Å². The Morgan fingerprint density at radius 2 is 2.25 bits per heavy atom. The summed E-state index contributed by atoms with van der Waals surface area (Å²) in [4.78, 5) is 11.2. The first-order chi connectivity index (χ1) is 9.42. The SMILES string of the molecule is Cc1cc(S(=O)(=O)NCC2CCC(=O)N2)ccc1C#N. The number of nitrogens with one attached hydrogen (secondary N) is 2. The number of hydrogen-bond donors (Lipinski definition) is 2. The second-order valence-corrected chi connectivity index (χ2v) is 6.51. The van der Waals surface area contributed by atoms with Crippen LogP contribution in [-0.4, -0.2) is 26.9 Å². The van der Waals surface area contributed by atoms with Crippen molar-refractivity contribution in [1.29, 1.82) is 5.26 Å². The third kappa shape index (κ3) is 3.15. The molecule has 7 heteroatoms. The Balaban J connectivity index is 2.08. The molecule has 1 amide bonds. The zero-order chi connectivity index (χ0) is 14.8. The van der Waals surface area contributed by atoms with Crippen molar-refractivity contribution < 1.29 is 13.2 Å². The van der Waals surface area contributed by atoms with Crippen LogP contribution in [0.3, 0.4) is 0 Å². The van der Waals surface area contributed by atoms with Gasteiger partial charge in [-0.15, -0.1) is 0 Å². The third-order valence-corrected chi connectivity index (χ3v) is 4.65. The zero-order valence-corrected chi connectivity index (χ0v) is 11.8. The number of benzene rings is 1. The minimum atomic E-state index is -3.62. The number of sulfonamides is 1. The number of hydrogen-bond acceptors (Lipinski definition) is 4. The van der Waals surface area contributed by atoms with Gasteiger partial charge in [0.05, 0.1) is 16.5 Å². The van der Waals surface area contributed by atoms with E-state index in [1.54, 1.807) is 6.92 Å². The van der Waals surface area contributed by atoms with Gasteiger partial charge in [-0.3, -0.25) is 4.79 Å². The second kappa shape index (κ2) is 5.61. The van der Waals surface area contributed by atoms with E-state index in [1.165, 1.54) is 18.2 Å². The molecule has 1 saturated heterocycles. The van der Waals surface area contributed by atoms with Crippen LogP contribution < -0.4 is 10.0 Å². The molecule has 20 heavy (non-hydrogen) atoms. The number of aryl methyl sites for hydroxylation is 1. The van der Waals surface area contributed by atoms with E-state index in [0.717, 1.165) is 0 Å². The van der Waals surface area contributed by atoms with Crippen LogP contribution in [0.1, 0.15) is 24.0 Å². The molecule has 1 heterocycles. The molecule has 0 spiro atoms. The van der Waals surface area contributed by atoms with E-state index in [4.69, 9.17) is 5.26 Å². The molecule has 1 aromatic rings. The average molecular weight is 293 g/mol. The van der Waals surface area contributed by atoms with Crippen LogP contribution in [0.2, 0.25) is 0 Å². The monoisotopic (exact) mass is 293 g/mol. The molecule has 1 unspecified atom stereocenters. The van der Waals surface area contributed by atoms with Crippen LogP contribution in [0.15, 0.2) is 23.1 Å². The lowest BCUT2D eigenvalue weighted by molar-refractivity contribution is -0.119. The van der Waals surface area contributed by atoms with E-state index in [0.29, 0.717) is 24.0 Å². The third-order valence-electron chi connectivity index (χ3n) is 3.23. The predicted molar refractivity (Wildman–Crippen MR) is 72.2 cm³/mol. The number of amides is 1. The highest BCUT2D eigenvalue weighted by molar-refractivity contribution is 7.89. The van der Waals surface area contributed by atoms with E-state index >= 15 is 0 Å². The van der Waals surface area contributed by atoms with E-state index < -0.39 is 10.0 Å². The molecule has 2 N–H and O–H groups in total. The van der Waals surface area contributed by atoms with E-state index in [1.807, 2.05) is 6.07 Å². The van der Waals surface area contributed by atoms with Gasteiger partial charge in [0.2, 0.25) is 15.9 Å². The van der Waals surface area contributed by atoms with Gasteiger partial charge in [-0.05, 0) is 37.1 Å². The molecule has 6 nitrogen and oxygen atoms in total. The zero-order valence-electron chi connectivity index (χ0n) is 11.0.